The number of aromatic hydroxyl groups is 1. The Morgan fingerprint density at radius 2 is 0.878 bits per heavy atom. The Hall–Kier alpha value is 1.77. The van der Waals surface area contributed by atoms with E-state index < -0.39 is 34.8 Å². The average Bonchev–Trinajstić information content (AvgIpc) is 4.02. The number of hydrogen-bond acceptors (Lipinski definition) is 14. The van der Waals surface area contributed by atoms with Gasteiger partial charge in [0.2, 0.25) is 37.7 Å². The molecule has 0 fully saturated rings. The van der Waals surface area contributed by atoms with E-state index >= 15 is 0 Å². The number of phenols is 1. The van der Waals surface area contributed by atoms with Crippen LogP contribution >= 0.6 is 33.9 Å². The van der Waals surface area contributed by atoms with Gasteiger partial charge in [-0.2, -0.15) is 0 Å². The van der Waals surface area contributed by atoms with Crippen LogP contribution in [0.2, 0.25) is 10.0 Å². The number of para-hydroxylation sites is 3. The molecular formula is C55H88Cl3N7O10Rb4S3. The average molecular weight is 1550 g/mol. The second-order valence-corrected chi connectivity index (χ2v) is 24.2. The fourth-order valence-electron chi connectivity index (χ4n) is 5.07. The maximum absolute atomic E-state index is 11.6. The molecule has 0 aliphatic heterocycles. The summed E-state index contributed by atoms with van der Waals surface area (Å²) in [6.45, 7) is 37.2. The number of nitrogens with zero attached hydrogens (tertiary/aromatic N) is 2. The van der Waals surface area contributed by atoms with Crippen LogP contribution in [0.5, 0.6) is 5.75 Å². The van der Waals surface area contributed by atoms with Gasteiger partial charge in [0.25, 0.3) is 9.05 Å². The van der Waals surface area contributed by atoms with Gasteiger partial charge in [0.1, 0.15) is 25.7 Å². The smallest absolute Gasteiger partial charge is 1.00 e. The number of nitrogens with one attached hydrogen (secondary N) is 1. The minimum atomic E-state index is -3.89. The summed E-state index contributed by atoms with van der Waals surface area (Å²) in [6.07, 6.45) is 0. The number of amides is 1. The molecule has 7 aromatic rings. The zero-order valence-corrected chi connectivity index (χ0v) is 76.9. The number of rotatable bonds is 4. The molecule has 0 spiro atoms. The first-order valence-corrected chi connectivity index (χ1v) is 31.1. The molecule has 1 amide bonds. The molecule has 0 saturated carbocycles. The van der Waals surface area contributed by atoms with Crippen molar-refractivity contribution in [1.29, 1.82) is 0 Å². The fraction of sp³-hybridized carbons (Fsp3) is 0.400. The number of nitrogen functional groups attached to an aromatic ring is 2. The van der Waals surface area contributed by atoms with Crippen molar-refractivity contribution in [3.8, 4) is 5.75 Å². The van der Waals surface area contributed by atoms with Gasteiger partial charge in [0, 0.05) is 48.3 Å². The van der Waals surface area contributed by atoms with E-state index in [1.54, 1.807) is 60.7 Å². The molecule has 5 aromatic carbocycles. The SMILES string of the molecule is CC.CC.CC.CC.CC.CC(C)(C)C(=O)Nc1cccc(Cl)c1.CC(C)(C)c1nc2cccc(S(=O)(=O)Cl)c2o1.CC(C)(C)c1nc2cccc(S(N)(=O)=O)c2o1.Nc1cccc(Cl)c1.Nc1cccc(S(N)(=O)=O)c1O.[H-].[H-].[H-].[H-].[Rb+].[Rb+].[Rb+].[Rb+]. The summed E-state index contributed by atoms with van der Waals surface area (Å²) >= 11 is 11.4. The summed E-state index contributed by atoms with van der Waals surface area (Å²) in [6, 6.07) is 27.6. The third-order valence-corrected chi connectivity index (χ3v) is 12.3. The zero-order chi connectivity index (χ0) is 61.8. The largest absolute Gasteiger partial charge is 1.00 e. The number of hydrogen-bond donors (Lipinski definition) is 6. The van der Waals surface area contributed by atoms with E-state index in [0.29, 0.717) is 38.5 Å². The standard InChI is InChI=1S/C11H12ClNO3S.C11H14ClNO.C11H14N2O3S.C6H6ClN.C6H8N2O3S.5C2H6.4Rb.4H/c1-11(2,3)10-13-7-5-4-6-8(9(7)16-10)17(12,14)15;1-11(2,3)10(14)13-9-6-4-5-8(12)7-9;1-11(2,3)10-13-7-5-4-6-8(9(7)16-10)17(12,14)15;7-5-2-1-3-6(8)4-5;7-4-2-1-3-5(6(4)9)12(8,10)11;5*1-2;;;;;;;;/h4-6H,1-3H3;4-7H,1-3H3,(H,13,14);4-6H,1-3H3,(H2,12,14,15);1-4H,8H2;1-3,9H,7H2,(H2,8,10,11);5*1-2H3;;;;;;;;/q;;;;;;;;;;4*+1;4*-1. The van der Waals surface area contributed by atoms with Crippen LogP contribution in [0, 0.1) is 5.41 Å². The fourth-order valence-corrected chi connectivity index (χ4v) is 7.76. The van der Waals surface area contributed by atoms with Gasteiger partial charge in [-0.05, 0) is 72.8 Å². The summed E-state index contributed by atoms with van der Waals surface area (Å²) in [5, 5.41) is 23.2. The molecule has 0 radical (unpaired) electrons. The van der Waals surface area contributed by atoms with Crippen molar-refractivity contribution < 1.29 is 282 Å². The first kappa shape index (κ1) is 97.4. The van der Waals surface area contributed by atoms with Crippen LogP contribution in [-0.2, 0) is 44.7 Å². The molecule has 82 heavy (non-hydrogen) atoms. The van der Waals surface area contributed by atoms with Gasteiger partial charge in [-0.25, -0.2) is 45.5 Å². The molecule has 27 heteroatoms. The summed E-state index contributed by atoms with van der Waals surface area (Å²) < 4.78 is 78.1. The predicted molar refractivity (Wildman–Crippen MR) is 330 cm³/mol. The molecular weight excluding hydrogens is 1460 g/mol. The number of primary sulfonamides is 2. The third kappa shape index (κ3) is 37.2. The Labute approximate surface area is 706 Å². The molecule has 0 atom stereocenters. The molecule has 10 N–H and O–H groups in total. The normalized spacial score (nSPS) is 10.3. The zero-order valence-electron chi connectivity index (χ0n) is 56.5. The summed E-state index contributed by atoms with van der Waals surface area (Å²) in [5.74, 6) is 0.462. The maximum Gasteiger partial charge on any atom is 1.00 e. The van der Waals surface area contributed by atoms with E-state index in [1.165, 1.54) is 30.3 Å². The van der Waals surface area contributed by atoms with Crippen molar-refractivity contribution >= 4 is 108 Å². The van der Waals surface area contributed by atoms with E-state index in [9.17, 15) is 30.0 Å². The van der Waals surface area contributed by atoms with Gasteiger partial charge in [-0.3, -0.25) is 4.79 Å². The summed E-state index contributed by atoms with van der Waals surface area (Å²) in [7, 11) is -6.16. The quantitative estimate of drug-likeness (QED) is 0.0838. The predicted octanol–water partition coefficient (Wildman–Crippen LogP) is 3.29. The first-order valence-electron chi connectivity index (χ1n) is 25.0. The molecule has 2 aromatic heterocycles. The Morgan fingerprint density at radius 1 is 0.537 bits per heavy atom. The van der Waals surface area contributed by atoms with Gasteiger partial charge in [0.05, 0.1) is 5.69 Å². The molecule has 7 rings (SSSR count). The van der Waals surface area contributed by atoms with E-state index in [-0.39, 0.29) is 292 Å². The van der Waals surface area contributed by atoms with Crippen LogP contribution in [0.4, 0.5) is 17.1 Å². The molecule has 0 bridgehead atoms. The number of sulfonamides is 2. The van der Waals surface area contributed by atoms with Crippen LogP contribution in [0.1, 0.15) is 149 Å². The number of fused-ring (bicyclic) bond motifs is 2. The Morgan fingerprint density at radius 3 is 1.20 bits per heavy atom. The van der Waals surface area contributed by atoms with Crippen LogP contribution < -0.4 is 260 Å². The Balaban J connectivity index is -0.0000000867. The number of halogens is 3. The van der Waals surface area contributed by atoms with E-state index in [2.05, 4.69) is 15.3 Å². The molecule has 2 heterocycles. The van der Waals surface area contributed by atoms with Crippen molar-refractivity contribution in [2.45, 2.75) is 157 Å². The van der Waals surface area contributed by atoms with Crippen LogP contribution in [0.15, 0.2) is 127 Å². The molecule has 446 valence electrons. The van der Waals surface area contributed by atoms with Gasteiger partial charge in [-0.1, -0.05) is 185 Å². The van der Waals surface area contributed by atoms with Gasteiger partial charge in [0.15, 0.2) is 16.9 Å². The van der Waals surface area contributed by atoms with Crippen molar-refractivity contribution in [2.75, 3.05) is 16.8 Å². The maximum atomic E-state index is 11.6. The van der Waals surface area contributed by atoms with Gasteiger partial charge >= 0.3 is 233 Å². The number of carbonyl (C=O) groups is 1. The van der Waals surface area contributed by atoms with Crippen LogP contribution in [0.3, 0.4) is 0 Å². The Kier molecular flexibility index (Phi) is 56.6. The van der Waals surface area contributed by atoms with Crippen molar-refractivity contribution in [1.82, 2.24) is 9.97 Å². The van der Waals surface area contributed by atoms with Crippen molar-refractivity contribution in [2.24, 2.45) is 15.7 Å². The number of oxazole rings is 2. The number of phenolic OH excluding ortho intramolecular Hbond substituents is 1. The minimum absolute atomic E-state index is 0. The first-order chi connectivity index (χ1) is 36.0. The van der Waals surface area contributed by atoms with Gasteiger partial charge in [-0.15, -0.1) is 0 Å². The third-order valence-electron chi connectivity index (χ3n) is 8.56. The second-order valence-electron chi connectivity index (χ2n) is 17.7. The van der Waals surface area contributed by atoms with Crippen molar-refractivity contribution in [3.63, 3.8) is 0 Å². The van der Waals surface area contributed by atoms with Crippen LogP contribution in [0.25, 0.3) is 22.2 Å². The number of benzene rings is 5. The molecule has 0 saturated heterocycles. The number of aromatic nitrogens is 2. The van der Waals surface area contributed by atoms with E-state index in [1.807, 2.05) is 144 Å². The number of carbonyl (C=O) groups excluding carboxylic acids is 1. The number of anilines is 3. The second kappa shape index (κ2) is 47.7. The molecule has 0 aliphatic carbocycles. The molecule has 0 unspecified atom stereocenters. The Bertz CT molecular complexity index is 3150. The molecule has 0 aliphatic rings. The minimum Gasteiger partial charge on any atom is -1.00 e. The van der Waals surface area contributed by atoms with E-state index in [4.69, 9.17) is 69.6 Å². The number of nitrogens with two attached hydrogens (primary N) is 4. The van der Waals surface area contributed by atoms with Crippen LogP contribution in [-0.4, -0.2) is 46.2 Å². The monoisotopic (exact) mass is 1550 g/mol. The van der Waals surface area contributed by atoms with Gasteiger partial charge < -0.3 is 36.4 Å². The van der Waals surface area contributed by atoms with Crippen molar-refractivity contribution in [3.05, 3.63) is 125 Å². The topological polar surface area (TPSA) is 308 Å². The van der Waals surface area contributed by atoms with E-state index in [0.717, 1.165) is 5.69 Å². The molecule has 17 nitrogen and oxygen atoms in total. The summed E-state index contributed by atoms with van der Waals surface area (Å²) in [4.78, 5) is 19.7. The summed E-state index contributed by atoms with van der Waals surface area (Å²) in [5.41, 5.74) is 12.5.